The van der Waals surface area contributed by atoms with Gasteiger partial charge in [-0.1, -0.05) is 30.3 Å². The molecule has 2 aromatic carbocycles. The Morgan fingerprint density at radius 2 is 1.80 bits per heavy atom. The number of aliphatic hydroxyl groups is 3. The summed E-state index contributed by atoms with van der Waals surface area (Å²) in [4.78, 5) is 40.9. The fourth-order valence-corrected chi connectivity index (χ4v) is 6.62. The van der Waals surface area contributed by atoms with Crippen LogP contribution >= 0.6 is 0 Å². The maximum absolute atomic E-state index is 13.9. The number of hydrogen-bond donors (Lipinski definition) is 6. The standard InChI is InChI=1S/C30H32FN3O7/c1-34(2)24-19-12-16-11-18-17(15-5-3-14(4-6-15)13-33-10-9-31)7-8-20(35)22(18)25(36)21(16)27(38)30(19,41)28(39)23(26(24)37)29(32)40/h3-8,16,19,24,33,35,37-38,41H,9-13H2,1-2H3,(H2,32,40)/t16-,19-,24-,30-/m0/s1. The number of nitrogens with zero attached hydrogens (tertiary/aromatic N) is 1. The number of phenolic OH excluding ortho intramolecular Hbond substituents is 1. The number of phenols is 1. The molecule has 0 spiro atoms. The second-order valence-electron chi connectivity index (χ2n) is 11.0. The minimum absolute atomic E-state index is 0.0139. The van der Waals surface area contributed by atoms with E-state index in [4.69, 9.17) is 5.73 Å². The van der Waals surface area contributed by atoms with Crippen molar-refractivity contribution in [1.82, 2.24) is 10.2 Å². The molecule has 5 rings (SSSR count). The summed E-state index contributed by atoms with van der Waals surface area (Å²) in [7, 11) is 3.17. The number of carbonyl (C=O) groups excluding carboxylic acids is 3. The van der Waals surface area contributed by atoms with Crippen LogP contribution in [0.25, 0.3) is 11.1 Å². The summed E-state index contributed by atoms with van der Waals surface area (Å²) in [6.07, 6.45) is 0.206. The van der Waals surface area contributed by atoms with E-state index in [0.717, 1.165) is 11.1 Å². The van der Waals surface area contributed by atoms with Crippen LogP contribution in [-0.4, -0.2) is 81.8 Å². The van der Waals surface area contributed by atoms with Gasteiger partial charge in [0.1, 0.15) is 29.5 Å². The second kappa shape index (κ2) is 10.4. The third-order valence-corrected chi connectivity index (χ3v) is 8.47. The number of rotatable bonds is 7. The van der Waals surface area contributed by atoms with Crippen LogP contribution in [0.2, 0.25) is 0 Å². The van der Waals surface area contributed by atoms with Gasteiger partial charge in [0.25, 0.3) is 5.91 Å². The second-order valence-corrected chi connectivity index (χ2v) is 11.0. The van der Waals surface area contributed by atoms with Gasteiger partial charge >= 0.3 is 0 Å². The maximum Gasteiger partial charge on any atom is 0.255 e. The van der Waals surface area contributed by atoms with E-state index in [-0.39, 0.29) is 36.3 Å². The molecule has 11 heteroatoms. The zero-order valence-electron chi connectivity index (χ0n) is 22.6. The first kappa shape index (κ1) is 28.5. The Morgan fingerprint density at radius 3 is 2.41 bits per heavy atom. The third kappa shape index (κ3) is 4.32. The molecule has 3 aliphatic carbocycles. The molecule has 0 fully saturated rings. The van der Waals surface area contributed by atoms with Crippen LogP contribution in [0.4, 0.5) is 4.39 Å². The number of halogens is 1. The third-order valence-electron chi connectivity index (χ3n) is 8.47. The highest BCUT2D eigenvalue weighted by molar-refractivity contribution is 6.24. The Bertz CT molecular complexity index is 1510. The van der Waals surface area contributed by atoms with E-state index < -0.39 is 64.7 Å². The van der Waals surface area contributed by atoms with Crippen LogP contribution in [0.1, 0.15) is 27.9 Å². The van der Waals surface area contributed by atoms with Crippen LogP contribution < -0.4 is 11.1 Å². The van der Waals surface area contributed by atoms with Crippen molar-refractivity contribution in [2.45, 2.75) is 31.0 Å². The number of primary amides is 1. The maximum atomic E-state index is 13.9. The zero-order chi connectivity index (χ0) is 29.8. The van der Waals surface area contributed by atoms with Gasteiger partial charge in [0, 0.05) is 24.6 Å². The molecular formula is C30H32FN3O7. The van der Waals surface area contributed by atoms with Crippen molar-refractivity contribution in [3.63, 3.8) is 0 Å². The molecule has 0 aromatic heterocycles. The van der Waals surface area contributed by atoms with E-state index in [1.165, 1.54) is 11.0 Å². The SMILES string of the molecule is CN(C)[C@@H]1C(O)=C(C(N)=O)C(=O)[C@@]2(O)C(O)=C3C(=O)c4c(O)ccc(-c5ccc(CNCCF)cc5)c4C[C@H]3C[C@@H]12. The summed E-state index contributed by atoms with van der Waals surface area (Å²) in [6.45, 7) is 0.261. The number of allylic oxidation sites excluding steroid dienone is 1. The van der Waals surface area contributed by atoms with Crippen LogP contribution in [-0.2, 0) is 22.6 Å². The van der Waals surface area contributed by atoms with Gasteiger partial charge in [-0.05, 0) is 61.2 Å². The number of nitrogens with one attached hydrogen (secondary N) is 1. The number of aliphatic hydroxyl groups excluding tert-OH is 2. The van der Waals surface area contributed by atoms with E-state index in [1.807, 2.05) is 24.3 Å². The Hall–Kier alpha value is -4.06. The average Bonchev–Trinajstić information content (AvgIpc) is 2.91. The highest BCUT2D eigenvalue weighted by Crippen LogP contribution is 2.53. The molecule has 4 atom stereocenters. The number of hydrogen-bond acceptors (Lipinski definition) is 9. The smallest absolute Gasteiger partial charge is 0.255 e. The quantitative estimate of drug-likeness (QED) is 0.216. The molecule has 0 saturated heterocycles. The van der Waals surface area contributed by atoms with Crippen molar-refractivity contribution in [1.29, 1.82) is 0 Å². The van der Waals surface area contributed by atoms with Crippen molar-refractivity contribution in [2.24, 2.45) is 17.6 Å². The minimum atomic E-state index is -2.68. The summed E-state index contributed by atoms with van der Waals surface area (Å²) < 4.78 is 12.4. The van der Waals surface area contributed by atoms with Crippen LogP contribution in [0.3, 0.4) is 0 Å². The van der Waals surface area contributed by atoms with Gasteiger partial charge in [0.05, 0.1) is 11.6 Å². The first-order valence-corrected chi connectivity index (χ1v) is 13.3. The summed E-state index contributed by atoms with van der Waals surface area (Å²) in [5.41, 5.74) is 4.56. The molecule has 0 radical (unpaired) electrons. The molecule has 216 valence electrons. The van der Waals surface area contributed by atoms with Crippen molar-refractivity contribution >= 4 is 17.5 Å². The minimum Gasteiger partial charge on any atom is -0.510 e. The molecule has 0 aliphatic heterocycles. The highest BCUT2D eigenvalue weighted by atomic mass is 19.1. The van der Waals surface area contributed by atoms with Crippen LogP contribution in [0.5, 0.6) is 5.75 Å². The molecule has 7 N–H and O–H groups in total. The first-order chi connectivity index (χ1) is 19.4. The number of alkyl halides is 1. The molecule has 1 amide bonds. The number of amides is 1. The molecule has 0 saturated carbocycles. The van der Waals surface area contributed by atoms with E-state index in [9.17, 15) is 39.2 Å². The Morgan fingerprint density at radius 1 is 1.12 bits per heavy atom. The molecular weight excluding hydrogens is 533 g/mol. The number of likely N-dealkylation sites (N-methyl/N-ethyl adjacent to an activating group) is 1. The number of ketones is 2. The lowest BCUT2D eigenvalue weighted by Crippen LogP contribution is -2.63. The number of benzene rings is 2. The highest BCUT2D eigenvalue weighted by Gasteiger charge is 2.63. The van der Waals surface area contributed by atoms with E-state index >= 15 is 0 Å². The van der Waals surface area contributed by atoms with E-state index in [2.05, 4.69) is 5.32 Å². The van der Waals surface area contributed by atoms with Crippen molar-refractivity contribution in [3.05, 3.63) is 75.8 Å². The van der Waals surface area contributed by atoms with Crippen LogP contribution in [0.15, 0.2) is 59.1 Å². The molecule has 0 bridgehead atoms. The summed E-state index contributed by atoms with van der Waals surface area (Å²) in [5.74, 6) is -6.85. The van der Waals surface area contributed by atoms with Gasteiger partial charge in [-0.3, -0.25) is 19.3 Å². The van der Waals surface area contributed by atoms with E-state index in [1.54, 1.807) is 20.2 Å². The number of fused-ring (bicyclic) bond motifs is 3. The van der Waals surface area contributed by atoms with Crippen LogP contribution in [0, 0.1) is 11.8 Å². The van der Waals surface area contributed by atoms with Gasteiger partial charge < -0.3 is 31.5 Å². The van der Waals surface area contributed by atoms with Gasteiger partial charge in [-0.2, -0.15) is 0 Å². The summed E-state index contributed by atoms with van der Waals surface area (Å²) in [5, 5.41) is 47.8. The lowest BCUT2D eigenvalue weighted by molar-refractivity contribution is -0.148. The van der Waals surface area contributed by atoms with Crippen molar-refractivity contribution < 1.29 is 39.2 Å². The number of Topliss-reactive ketones (excluding diaryl/α,β-unsaturated/α-hetero) is 2. The molecule has 41 heavy (non-hydrogen) atoms. The van der Waals surface area contributed by atoms with Crippen molar-refractivity contribution in [2.75, 3.05) is 27.3 Å². The fraction of sp³-hybridized carbons (Fsp3) is 0.367. The Kier molecular flexibility index (Phi) is 7.22. The fourth-order valence-electron chi connectivity index (χ4n) is 6.62. The predicted octanol–water partition coefficient (Wildman–Crippen LogP) is 1.85. The lowest BCUT2D eigenvalue weighted by Gasteiger charge is -2.50. The largest absolute Gasteiger partial charge is 0.510 e. The van der Waals surface area contributed by atoms with Gasteiger partial charge in [0.15, 0.2) is 11.4 Å². The Labute approximate surface area is 235 Å². The molecule has 0 heterocycles. The Balaban J connectivity index is 1.61. The summed E-state index contributed by atoms with van der Waals surface area (Å²) in [6, 6.07) is 9.51. The zero-order valence-corrected chi connectivity index (χ0v) is 22.6. The molecule has 10 nitrogen and oxygen atoms in total. The van der Waals surface area contributed by atoms with Gasteiger partial charge in [-0.15, -0.1) is 0 Å². The molecule has 3 aliphatic rings. The van der Waals surface area contributed by atoms with Crippen molar-refractivity contribution in [3.8, 4) is 16.9 Å². The van der Waals surface area contributed by atoms with Gasteiger partial charge in [-0.25, -0.2) is 4.39 Å². The average molecular weight is 566 g/mol. The molecule has 2 aromatic rings. The van der Waals surface area contributed by atoms with E-state index in [0.29, 0.717) is 17.7 Å². The normalized spacial score (nSPS) is 25.7. The van der Waals surface area contributed by atoms with Gasteiger partial charge in [0.2, 0.25) is 5.78 Å². The topological polar surface area (TPSA) is 173 Å². The first-order valence-electron chi connectivity index (χ1n) is 13.3. The lowest BCUT2D eigenvalue weighted by atomic mass is 9.58. The number of nitrogens with two attached hydrogens (primary N) is 1. The number of carbonyl (C=O) groups is 3. The predicted molar refractivity (Wildman–Crippen MR) is 147 cm³/mol. The molecule has 0 unspecified atom stereocenters. The number of aromatic hydroxyl groups is 1. The monoisotopic (exact) mass is 565 g/mol. The summed E-state index contributed by atoms with van der Waals surface area (Å²) >= 11 is 0.